The summed E-state index contributed by atoms with van der Waals surface area (Å²) < 4.78 is 0. The van der Waals surface area contributed by atoms with Gasteiger partial charge in [0.2, 0.25) is 0 Å². The number of hydrogen-bond acceptors (Lipinski definition) is 3. The van der Waals surface area contributed by atoms with Gasteiger partial charge in [-0.3, -0.25) is 5.32 Å². The molecule has 0 aliphatic heterocycles. The Bertz CT molecular complexity index is 293. The first-order valence-corrected chi connectivity index (χ1v) is 5.81. The second-order valence-corrected chi connectivity index (χ2v) is 4.49. The van der Waals surface area contributed by atoms with Gasteiger partial charge in [0.1, 0.15) is 0 Å². The van der Waals surface area contributed by atoms with Crippen LogP contribution in [0.3, 0.4) is 0 Å². The first kappa shape index (κ1) is 11.9. The molecule has 0 saturated heterocycles. The summed E-state index contributed by atoms with van der Waals surface area (Å²) in [6.45, 7) is 2.83. The van der Waals surface area contributed by atoms with Crippen molar-refractivity contribution in [3.8, 4) is 0 Å². The summed E-state index contributed by atoms with van der Waals surface area (Å²) in [4.78, 5) is 1.17. The van der Waals surface area contributed by atoms with E-state index in [-0.39, 0.29) is 6.73 Å². The lowest BCUT2D eigenvalue weighted by Crippen LogP contribution is -2.17. The molecule has 2 nitrogen and oxygen atoms in total. The monoisotopic (exact) mass is 231 g/mol. The van der Waals surface area contributed by atoms with Crippen molar-refractivity contribution in [2.75, 3.05) is 19.0 Å². The molecule has 0 atom stereocenters. The number of thioether (sulfide) groups is 1. The number of aliphatic hydroxyl groups is 1. The maximum atomic E-state index is 8.50. The maximum absolute atomic E-state index is 8.50. The maximum Gasteiger partial charge on any atom is 0.0931 e. The number of hydrogen-bond donors (Lipinski definition) is 2. The molecule has 0 aromatic heterocycles. The highest BCUT2D eigenvalue weighted by atomic mass is 35.5. The molecule has 0 amide bonds. The second kappa shape index (κ2) is 6.30. The minimum absolute atomic E-state index is 0.0369. The lowest BCUT2D eigenvalue weighted by molar-refractivity contribution is 0.265. The molecule has 4 heteroatoms. The van der Waals surface area contributed by atoms with Gasteiger partial charge in [0.05, 0.1) is 6.73 Å². The molecule has 78 valence electrons. The van der Waals surface area contributed by atoms with Gasteiger partial charge in [-0.25, -0.2) is 0 Å². The Morgan fingerprint density at radius 1 is 1.50 bits per heavy atom. The summed E-state index contributed by atoms with van der Waals surface area (Å²) in [6, 6.07) is 6.05. The average Bonchev–Trinajstić information content (AvgIpc) is 2.18. The van der Waals surface area contributed by atoms with Crippen LogP contribution in [0.4, 0.5) is 0 Å². The van der Waals surface area contributed by atoms with Crippen molar-refractivity contribution < 1.29 is 5.11 Å². The van der Waals surface area contributed by atoms with Crippen LogP contribution in [0.2, 0.25) is 5.02 Å². The highest BCUT2D eigenvalue weighted by molar-refractivity contribution is 7.99. The quantitative estimate of drug-likeness (QED) is 0.463. The first-order chi connectivity index (χ1) is 6.74. The largest absolute Gasteiger partial charge is 0.381 e. The molecule has 0 heterocycles. The van der Waals surface area contributed by atoms with Crippen LogP contribution in [0.25, 0.3) is 0 Å². The predicted molar refractivity (Wildman–Crippen MR) is 62.0 cm³/mol. The number of halogens is 1. The molecule has 0 saturated carbocycles. The zero-order valence-electron chi connectivity index (χ0n) is 8.09. The molecule has 0 radical (unpaired) electrons. The van der Waals surface area contributed by atoms with Crippen LogP contribution >= 0.6 is 23.4 Å². The van der Waals surface area contributed by atoms with E-state index in [1.807, 2.05) is 19.1 Å². The van der Waals surface area contributed by atoms with Gasteiger partial charge in [0.15, 0.2) is 0 Å². The lowest BCUT2D eigenvalue weighted by Gasteiger charge is -2.04. The zero-order chi connectivity index (χ0) is 10.4. The van der Waals surface area contributed by atoms with Crippen molar-refractivity contribution in [3.05, 3.63) is 28.8 Å². The molecule has 14 heavy (non-hydrogen) atoms. The van der Waals surface area contributed by atoms with Gasteiger partial charge in [-0.2, -0.15) is 0 Å². The Kier molecular flexibility index (Phi) is 5.33. The molecule has 0 spiro atoms. The van der Waals surface area contributed by atoms with Crippen LogP contribution in [-0.2, 0) is 0 Å². The summed E-state index contributed by atoms with van der Waals surface area (Å²) in [7, 11) is 0. The second-order valence-electron chi connectivity index (χ2n) is 2.92. The smallest absolute Gasteiger partial charge is 0.0931 e. The molecule has 0 fully saturated rings. The summed E-state index contributed by atoms with van der Waals surface area (Å²) in [5.41, 5.74) is 1.10. The van der Waals surface area contributed by atoms with E-state index in [4.69, 9.17) is 16.7 Å². The minimum Gasteiger partial charge on any atom is -0.381 e. The molecule has 0 aliphatic rings. The van der Waals surface area contributed by atoms with Gasteiger partial charge in [0, 0.05) is 22.2 Å². The third-order valence-electron chi connectivity index (χ3n) is 1.80. The van der Waals surface area contributed by atoms with Crippen molar-refractivity contribution in [2.24, 2.45) is 0 Å². The molecular weight excluding hydrogens is 218 g/mol. The summed E-state index contributed by atoms with van der Waals surface area (Å²) in [6.07, 6.45) is 0. The van der Waals surface area contributed by atoms with Gasteiger partial charge in [0.25, 0.3) is 0 Å². The number of rotatable bonds is 5. The van der Waals surface area contributed by atoms with E-state index in [0.29, 0.717) is 0 Å². The Morgan fingerprint density at radius 2 is 2.29 bits per heavy atom. The van der Waals surface area contributed by atoms with Gasteiger partial charge >= 0.3 is 0 Å². The van der Waals surface area contributed by atoms with E-state index in [2.05, 4.69) is 11.4 Å². The molecule has 2 N–H and O–H groups in total. The number of nitrogens with one attached hydrogen (secondary N) is 1. The highest BCUT2D eigenvalue weighted by Crippen LogP contribution is 2.23. The van der Waals surface area contributed by atoms with Gasteiger partial charge in [-0.05, 0) is 24.6 Å². The topological polar surface area (TPSA) is 32.3 Å². The van der Waals surface area contributed by atoms with Crippen LogP contribution < -0.4 is 5.32 Å². The van der Waals surface area contributed by atoms with E-state index in [0.717, 1.165) is 22.9 Å². The fourth-order valence-electron chi connectivity index (χ4n) is 0.983. The molecular formula is C10H14ClNOS. The normalized spacial score (nSPS) is 10.5. The Morgan fingerprint density at radius 3 is 2.93 bits per heavy atom. The average molecular weight is 232 g/mol. The van der Waals surface area contributed by atoms with E-state index < -0.39 is 0 Å². The molecule has 1 aromatic rings. The van der Waals surface area contributed by atoms with Crippen LogP contribution in [-0.4, -0.2) is 24.1 Å². The van der Waals surface area contributed by atoms with E-state index in [1.165, 1.54) is 4.90 Å². The third-order valence-corrected chi connectivity index (χ3v) is 3.21. The van der Waals surface area contributed by atoms with Crippen LogP contribution in [0.5, 0.6) is 0 Å². The molecule has 0 aliphatic carbocycles. The van der Waals surface area contributed by atoms with E-state index in [9.17, 15) is 0 Å². The van der Waals surface area contributed by atoms with E-state index >= 15 is 0 Å². The summed E-state index contributed by atoms with van der Waals surface area (Å²) in [5, 5.41) is 12.2. The molecule has 1 aromatic carbocycles. The van der Waals surface area contributed by atoms with E-state index in [1.54, 1.807) is 11.8 Å². The fraction of sp³-hybridized carbons (Fsp3) is 0.400. The molecule has 1 rings (SSSR count). The summed E-state index contributed by atoms with van der Waals surface area (Å²) in [5.74, 6) is 0.931. The van der Waals surface area contributed by atoms with Crippen LogP contribution in [0, 0.1) is 6.92 Å². The first-order valence-electron chi connectivity index (χ1n) is 4.44. The Hall–Kier alpha value is -0.220. The molecule has 0 bridgehead atoms. The Balaban J connectivity index is 2.39. The SMILES string of the molecule is Cc1ccc(SCCNCO)cc1Cl. The Labute approximate surface area is 93.7 Å². The van der Waals surface area contributed by atoms with Crippen molar-refractivity contribution >= 4 is 23.4 Å². The van der Waals surface area contributed by atoms with Crippen molar-refractivity contribution in [1.29, 1.82) is 0 Å². The number of benzene rings is 1. The lowest BCUT2D eigenvalue weighted by atomic mass is 10.2. The number of aryl methyl sites for hydroxylation is 1. The zero-order valence-corrected chi connectivity index (χ0v) is 9.66. The van der Waals surface area contributed by atoms with Crippen molar-refractivity contribution in [1.82, 2.24) is 5.32 Å². The van der Waals surface area contributed by atoms with Gasteiger partial charge < -0.3 is 5.11 Å². The van der Waals surface area contributed by atoms with Gasteiger partial charge in [-0.1, -0.05) is 17.7 Å². The third kappa shape index (κ3) is 3.88. The fourth-order valence-corrected chi connectivity index (χ4v) is 2.08. The van der Waals surface area contributed by atoms with Crippen LogP contribution in [0.1, 0.15) is 5.56 Å². The standard InChI is InChI=1S/C10H14ClNOS/c1-8-2-3-9(6-10(8)11)14-5-4-12-7-13/h2-3,6,12-13H,4-5,7H2,1H3. The van der Waals surface area contributed by atoms with Crippen LogP contribution in [0.15, 0.2) is 23.1 Å². The van der Waals surface area contributed by atoms with Gasteiger partial charge in [-0.15, -0.1) is 11.8 Å². The van der Waals surface area contributed by atoms with Crippen molar-refractivity contribution in [2.45, 2.75) is 11.8 Å². The number of aliphatic hydroxyl groups excluding tert-OH is 1. The summed E-state index contributed by atoms with van der Waals surface area (Å²) >= 11 is 7.71. The predicted octanol–water partition coefficient (Wildman–Crippen LogP) is 2.28. The minimum atomic E-state index is 0.0369. The molecule has 0 unspecified atom stereocenters. The van der Waals surface area contributed by atoms with Crippen molar-refractivity contribution in [3.63, 3.8) is 0 Å². The highest BCUT2D eigenvalue weighted by Gasteiger charge is 1.98.